The van der Waals surface area contributed by atoms with Crippen molar-refractivity contribution in [3.8, 4) is 11.5 Å². The van der Waals surface area contributed by atoms with Crippen LogP contribution in [0.3, 0.4) is 0 Å². The molecule has 2 aliphatic heterocycles. The number of nitrogens with two attached hydrogens (primary N) is 2. The maximum Gasteiger partial charge on any atom is 0.313 e. The maximum absolute atomic E-state index is 13.2. The highest BCUT2D eigenvalue weighted by atomic mass is 32.2. The average molecular weight is 1100 g/mol. The Hall–Kier alpha value is -7.38. The van der Waals surface area contributed by atoms with Crippen LogP contribution in [-0.4, -0.2) is 156 Å². The average Bonchev–Trinajstić information content (AvgIpc) is 3.87. The lowest BCUT2D eigenvalue weighted by atomic mass is 10.0. The summed E-state index contributed by atoms with van der Waals surface area (Å²) in [5.41, 5.74) is 11.7. The highest BCUT2D eigenvalue weighted by Crippen LogP contribution is 2.29. The molecule has 2 aliphatic rings. The van der Waals surface area contributed by atoms with Crippen LogP contribution in [0.25, 0.3) is 0 Å². The largest absolute Gasteiger partial charge is 0.493 e. The van der Waals surface area contributed by atoms with Gasteiger partial charge in [-0.3, -0.25) is 72.1 Å². The third kappa shape index (κ3) is 22.8. The topological polar surface area (TPSA) is 371 Å². The van der Waals surface area contributed by atoms with Gasteiger partial charge in [0.25, 0.3) is 11.8 Å². The summed E-state index contributed by atoms with van der Waals surface area (Å²) in [6.07, 6.45) is 5.98. The van der Waals surface area contributed by atoms with Crippen molar-refractivity contribution in [1.82, 2.24) is 41.7 Å². The van der Waals surface area contributed by atoms with Crippen molar-refractivity contribution in [1.29, 1.82) is 0 Å². The minimum Gasteiger partial charge on any atom is -0.493 e. The molecule has 1 aromatic rings. The molecule has 5 atom stereocenters. The summed E-state index contributed by atoms with van der Waals surface area (Å²) in [6.45, 7) is 5.65. The van der Waals surface area contributed by atoms with Gasteiger partial charge in [-0.1, -0.05) is 33.3 Å². The number of nitrogens with zero attached hydrogens (tertiary/aromatic N) is 2. The van der Waals surface area contributed by atoms with Crippen LogP contribution in [0.4, 0.5) is 0 Å². The second-order valence-corrected chi connectivity index (χ2v) is 19.6. The molecule has 26 heteroatoms. The number of nitrogens with one attached hydrogen (secondary N) is 6. The Balaban J connectivity index is 1.32. The van der Waals surface area contributed by atoms with Crippen LogP contribution in [0.15, 0.2) is 30.4 Å². The predicted octanol–water partition coefficient (Wildman–Crippen LogP) is -0.550. The fourth-order valence-electron chi connectivity index (χ4n) is 7.81. The van der Waals surface area contributed by atoms with E-state index in [1.165, 1.54) is 13.2 Å². The molecule has 0 aliphatic carbocycles. The Bertz CT molecular complexity index is 2330. The number of thioether (sulfide) groups is 1. The number of likely N-dealkylation sites (tertiary alicyclic amines) is 1. The van der Waals surface area contributed by atoms with Gasteiger partial charge in [0.05, 0.1) is 25.2 Å². The number of esters is 1. The van der Waals surface area contributed by atoms with Crippen LogP contribution >= 0.6 is 11.8 Å². The first-order valence-corrected chi connectivity index (χ1v) is 26.9. The van der Waals surface area contributed by atoms with E-state index >= 15 is 0 Å². The molecular weight excluding hydrogens is 1020 g/mol. The smallest absolute Gasteiger partial charge is 0.313 e. The number of benzene rings is 1. The Morgan fingerprint density at radius 2 is 1.21 bits per heavy atom. The van der Waals surface area contributed by atoms with E-state index in [0.717, 1.165) is 33.7 Å². The van der Waals surface area contributed by atoms with E-state index in [2.05, 4.69) is 31.9 Å². The number of carbonyl (C=O) groups is 13. The number of carbonyl (C=O) groups excluding carboxylic acids is 13. The van der Waals surface area contributed by atoms with Crippen LogP contribution in [-0.2, 0) is 68.7 Å². The van der Waals surface area contributed by atoms with Crippen molar-refractivity contribution in [3.05, 3.63) is 35.9 Å². The van der Waals surface area contributed by atoms with Crippen LogP contribution in [0, 0.1) is 5.92 Å². The number of hydrogen-bond donors (Lipinski definition) is 8. The van der Waals surface area contributed by atoms with E-state index in [4.69, 9.17) is 20.9 Å². The molecule has 0 saturated carbocycles. The minimum atomic E-state index is -1.14. The predicted molar refractivity (Wildman–Crippen MR) is 280 cm³/mol. The quantitative estimate of drug-likeness (QED) is 0.0179. The lowest BCUT2D eigenvalue weighted by Gasteiger charge is -2.22. The number of ether oxygens (including phenoxy) is 2. The van der Waals surface area contributed by atoms with Gasteiger partial charge < -0.3 is 52.8 Å². The number of rotatable bonds is 37. The first-order chi connectivity index (χ1) is 36.7. The summed E-state index contributed by atoms with van der Waals surface area (Å²) < 4.78 is 10.7. The van der Waals surface area contributed by atoms with Crippen LogP contribution in [0.1, 0.15) is 116 Å². The SMILES string of the molecule is CCC(=O)NCCCCC(NC(=O)CC)C(=O)NC(CCCCNC(=O)CCN1C(=O)CC(SCC(NC(=O)C(C)CCCCNC(=O)Cc2ccc(OC(=O)CCN3C(=O)C=CC3=O)c(OC)c2)C(N)=O)C1=O)C(N)=O. The highest BCUT2D eigenvalue weighted by molar-refractivity contribution is 8.00. The van der Waals surface area contributed by atoms with Gasteiger partial charge in [0.2, 0.25) is 59.1 Å². The molecule has 0 spiro atoms. The molecule has 12 amide bonds. The third-order valence-electron chi connectivity index (χ3n) is 12.4. The normalized spacial score (nSPS) is 15.5. The van der Waals surface area contributed by atoms with E-state index in [0.29, 0.717) is 70.0 Å². The lowest BCUT2D eigenvalue weighted by Crippen LogP contribution is -2.52. The van der Waals surface area contributed by atoms with E-state index in [1.54, 1.807) is 32.9 Å². The van der Waals surface area contributed by atoms with Crippen LogP contribution in [0.5, 0.6) is 11.5 Å². The van der Waals surface area contributed by atoms with Crippen molar-refractivity contribution in [2.24, 2.45) is 17.4 Å². The first-order valence-electron chi connectivity index (χ1n) is 25.8. The van der Waals surface area contributed by atoms with Gasteiger partial charge in [-0.2, -0.15) is 0 Å². The number of amides is 12. The third-order valence-corrected chi connectivity index (χ3v) is 13.7. The Morgan fingerprint density at radius 3 is 1.81 bits per heavy atom. The summed E-state index contributed by atoms with van der Waals surface area (Å²) in [6, 6.07) is 1.53. The zero-order valence-corrected chi connectivity index (χ0v) is 45.0. The van der Waals surface area contributed by atoms with E-state index < -0.39 is 88.4 Å². The fourth-order valence-corrected chi connectivity index (χ4v) is 9.01. The zero-order valence-electron chi connectivity index (χ0n) is 44.2. The fraction of sp³-hybridized carbons (Fsp3) is 0.588. The minimum absolute atomic E-state index is 0.00730. The molecule has 0 bridgehead atoms. The van der Waals surface area contributed by atoms with Gasteiger partial charge in [-0.05, 0) is 69.1 Å². The Morgan fingerprint density at radius 1 is 0.649 bits per heavy atom. The van der Waals surface area contributed by atoms with Crippen LogP contribution in [0.2, 0.25) is 0 Å². The molecule has 1 aromatic carbocycles. The second kappa shape index (κ2) is 33.6. The van der Waals surface area contributed by atoms with Crippen molar-refractivity contribution in [3.63, 3.8) is 0 Å². The van der Waals surface area contributed by atoms with Gasteiger partial charge in [0.15, 0.2) is 11.5 Å². The summed E-state index contributed by atoms with van der Waals surface area (Å²) in [7, 11) is 1.37. The molecule has 0 radical (unpaired) electrons. The Kier molecular flexibility index (Phi) is 27.9. The molecule has 2 heterocycles. The van der Waals surface area contributed by atoms with Gasteiger partial charge in [-0.15, -0.1) is 11.8 Å². The molecule has 5 unspecified atom stereocenters. The Labute approximate surface area is 451 Å². The molecule has 3 rings (SSSR count). The number of unbranched alkanes of at least 4 members (excludes halogenated alkanes) is 3. The standard InChI is InChI=1S/C51H74N10O15S/c1-5-39(62)54-22-12-9-15-34(57-40(63)6-2)50(73)58-33(47(52)70)14-8-11-23-55-41(64)20-25-61-45(68)29-38(51(61)74)77-30-35(48(53)71)59-49(72)31(3)13-7-10-24-56-42(65)28-32-16-17-36(37(27-32)75-4)76-46(69)21-26-60-43(66)18-19-44(60)67/h16-19,27,31,33-35,38H,5-15,20-26,28-30H2,1-4H3,(H2,52,70)(H2,53,71)(H,54,62)(H,55,64)(H,56,65)(H,57,63)(H,58,73)(H,59,72). The van der Waals surface area contributed by atoms with Crippen molar-refractivity contribution < 1.29 is 71.8 Å². The molecule has 10 N–H and O–H groups in total. The number of imide groups is 2. The monoisotopic (exact) mass is 1100 g/mol. The molecule has 424 valence electrons. The summed E-state index contributed by atoms with van der Waals surface area (Å²) >= 11 is 0.994. The molecular formula is C51H74N10O15S. The molecule has 0 aromatic heterocycles. The number of primary amides is 2. The van der Waals surface area contributed by atoms with Gasteiger partial charge in [0.1, 0.15) is 18.1 Å². The highest BCUT2D eigenvalue weighted by Gasteiger charge is 2.39. The lowest BCUT2D eigenvalue weighted by molar-refractivity contribution is -0.141. The summed E-state index contributed by atoms with van der Waals surface area (Å²) in [5, 5.41) is 15.3. The molecule has 1 saturated heterocycles. The summed E-state index contributed by atoms with van der Waals surface area (Å²) in [4.78, 5) is 163. The first kappa shape index (κ1) is 63.9. The molecule has 77 heavy (non-hydrogen) atoms. The zero-order chi connectivity index (χ0) is 57.0. The molecule has 25 nitrogen and oxygen atoms in total. The van der Waals surface area contributed by atoms with Gasteiger partial charge >= 0.3 is 5.97 Å². The van der Waals surface area contributed by atoms with Crippen molar-refractivity contribution in [2.45, 2.75) is 140 Å². The second-order valence-electron chi connectivity index (χ2n) is 18.4. The maximum atomic E-state index is 13.2. The number of hydrogen-bond acceptors (Lipinski definition) is 16. The summed E-state index contributed by atoms with van der Waals surface area (Å²) in [5.74, 6) is -6.85. The molecule has 1 fully saturated rings. The van der Waals surface area contributed by atoms with E-state index in [1.807, 2.05) is 0 Å². The van der Waals surface area contributed by atoms with E-state index in [9.17, 15) is 62.3 Å². The number of methoxy groups -OCH3 is 1. The van der Waals surface area contributed by atoms with Gasteiger partial charge in [-0.25, -0.2) is 0 Å². The van der Waals surface area contributed by atoms with Crippen molar-refractivity contribution in [2.75, 3.05) is 45.6 Å². The van der Waals surface area contributed by atoms with Gasteiger partial charge in [0, 0.05) is 82.2 Å². The van der Waals surface area contributed by atoms with Crippen LogP contribution < -0.4 is 52.8 Å². The van der Waals surface area contributed by atoms with E-state index in [-0.39, 0.29) is 99.6 Å². The van der Waals surface area contributed by atoms with Crippen molar-refractivity contribution >= 4 is 88.6 Å².